The van der Waals surface area contributed by atoms with Crippen LogP contribution in [0.4, 0.5) is 11.4 Å². The molecule has 0 aliphatic heterocycles. The summed E-state index contributed by atoms with van der Waals surface area (Å²) in [6.45, 7) is 5.61. The number of hydrogen-bond acceptors (Lipinski definition) is 3. The van der Waals surface area contributed by atoms with Gasteiger partial charge in [-0.3, -0.25) is 0 Å². The van der Waals surface area contributed by atoms with E-state index in [-0.39, 0.29) is 5.82 Å². The Morgan fingerprint density at radius 2 is 1.75 bits per heavy atom. The van der Waals surface area contributed by atoms with Crippen molar-refractivity contribution in [3.8, 4) is 0 Å². The van der Waals surface area contributed by atoms with Gasteiger partial charge in [0.1, 0.15) is 0 Å². The molecular formula is C28H31BNO2. The highest BCUT2D eigenvalue weighted by molar-refractivity contribution is 6.35. The summed E-state index contributed by atoms with van der Waals surface area (Å²) >= 11 is 0. The van der Waals surface area contributed by atoms with Gasteiger partial charge >= 0.3 is 7.48 Å². The highest BCUT2D eigenvalue weighted by atomic mass is 16.5. The third-order valence-corrected chi connectivity index (χ3v) is 6.44. The maximum atomic E-state index is 10.1. The Hall–Kier alpha value is -2.82. The fourth-order valence-corrected chi connectivity index (χ4v) is 4.03. The summed E-state index contributed by atoms with van der Waals surface area (Å²) in [4.78, 5) is 2.25. The molecule has 0 fully saturated rings. The average Bonchev–Trinajstić information content (AvgIpc) is 2.82. The van der Waals surface area contributed by atoms with E-state index in [2.05, 4.69) is 90.8 Å². The predicted molar refractivity (Wildman–Crippen MR) is 137 cm³/mol. The second-order valence-electron chi connectivity index (χ2n) is 9.00. The van der Waals surface area contributed by atoms with Crippen molar-refractivity contribution >= 4 is 35.2 Å². The van der Waals surface area contributed by atoms with Gasteiger partial charge in [0, 0.05) is 24.0 Å². The first-order chi connectivity index (χ1) is 15.4. The number of aliphatic hydroxyl groups excluding tert-OH is 1. The summed E-state index contributed by atoms with van der Waals surface area (Å²) in [6.07, 6.45) is 6.80. The van der Waals surface area contributed by atoms with Crippen LogP contribution < -0.4 is 4.90 Å². The standard InChI is InChI=1S/C28H31BNO2/c1-20(31)28(2,3)32-29-25-17-11-10-16-24(25)27-23-15-9-8-12-21(23)18-19-26(27)30(4)22-13-6-5-7-14-22/h5-16,18-20,25,31H,17H2,1-4H3. The van der Waals surface area contributed by atoms with E-state index in [0.29, 0.717) is 0 Å². The van der Waals surface area contributed by atoms with Crippen LogP contribution in [0.15, 0.2) is 85.0 Å². The van der Waals surface area contributed by atoms with E-state index in [9.17, 15) is 5.11 Å². The van der Waals surface area contributed by atoms with Gasteiger partial charge in [0.25, 0.3) is 0 Å². The van der Waals surface area contributed by atoms with Crippen molar-refractivity contribution < 1.29 is 9.76 Å². The molecule has 0 saturated heterocycles. The molecule has 32 heavy (non-hydrogen) atoms. The minimum atomic E-state index is -0.644. The summed E-state index contributed by atoms with van der Waals surface area (Å²) in [5.41, 5.74) is 4.10. The maximum absolute atomic E-state index is 10.1. The minimum Gasteiger partial charge on any atom is -0.433 e. The Kier molecular flexibility index (Phi) is 6.54. The number of nitrogens with zero attached hydrogens (tertiary/aromatic N) is 1. The minimum absolute atomic E-state index is 0.0896. The molecule has 2 atom stereocenters. The zero-order valence-corrected chi connectivity index (χ0v) is 19.3. The number of allylic oxidation sites excluding steroid dienone is 4. The van der Waals surface area contributed by atoms with E-state index in [1.54, 1.807) is 6.92 Å². The molecule has 0 bridgehead atoms. The van der Waals surface area contributed by atoms with Crippen molar-refractivity contribution in [2.45, 2.75) is 44.7 Å². The lowest BCUT2D eigenvalue weighted by atomic mass is 9.67. The van der Waals surface area contributed by atoms with Crippen LogP contribution in [0.25, 0.3) is 16.3 Å². The molecule has 3 nitrogen and oxygen atoms in total. The molecule has 2 unspecified atom stereocenters. The van der Waals surface area contributed by atoms with Gasteiger partial charge in [-0.1, -0.05) is 66.8 Å². The molecule has 1 aliphatic carbocycles. The number of aliphatic hydroxyl groups is 1. The molecule has 1 radical (unpaired) electrons. The molecule has 0 amide bonds. The van der Waals surface area contributed by atoms with Crippen molar-refractivity contribution in [1.82, 2.24) is 0 Å². The summed E-state index contributed by atoms with van der Waals surface area (Å²) in [5.74, 6) is 0.0896. The van der Waals surface area contributed by atoms with Crippen LogP contribution >= 0.6 is 0 Å². The number of fused-ring (bicyclic) bond motifs is 1. The molecule has 3 aromatic rings. The smallest absolute Gasteiger partial charge is 0.301 e. The van der Waals surface area contributed by atoms with E-state index < -0.39 is 11.7 Å². The number of rotatable bonds is 7. The summed E-state index contributed by atoms with van der Waals surface area (Å²) in [6, 6.07) is 23.4. The van der Waals surface area contributed by atoms with Gasteiger partial charge in [-0.15, -0.1) is 0 Å². The third-order valence-electron chi connectivity index (χ3n) is 6.44. The lowest BCUT2D eigenvalue weighted by molar-refractivity contribution is -0.0167. The molecule has 0 saturated carbocycles. The Bertz CT molecular complexity index is 1130. The molecule has 1 N–H and O–H groups in total. The monoisotopic (exact) mass is 424 g/mol. The molecule has 0 aromatic heterocycles. The van der Waals surface area contributed by atoms with Crippen molar-refractivity contribution in [3.63, 3.8) is 0 Å². The fraction of sp³-hybridized carbons (Fsp3) is 0.286. The van der Waals surface area contributed by atoms with E-state index in [1.165, 1.54) is 21.9 Å². The Morgan fingerprint density at radius 3 is 2.50 bits per heavy atom. The van der Waals surface area contributed by atoms with Gasteiger partial charge in [0.2, 0.25) is 0 Å². The lowest BCUT2D eigenvalue weighted by Crippen LogP contribution is -2.39. The third kappa shape index (κ3) is 4.52. The van der Waals surface area contributed by atoms with Crippen LogP contribution in [0.2, 0.25) is 5.82 Å². The average molecular weight is 424 g/mol. The van der Waals surface area contributed by atoms with Crippen LogP contribution in [0.3, 0.4) is 0 Å². The van der Waals surface area contributed by atoms with Gasteiger partial charge < -0.3 is 14.7 Å². The van der Waals surface area contributed by atoms with Crippen LogP contribution in [0.1, 0.15) is 32.8 Å². The number of benzene rings is 3. The first-order valence-electron chi connectivity index (χ1n) is 11.3. The molecular weight excluding hydrogens is 393 g/mol. The Morgan fingerprint density at radius 1 is 1.03 bits per heavy atom. The quantitative estimate of drug-likeness (QED) is 0.438. The second-order valence-corrected chi connectivity index (χ2v) is 9.00. The highest BCUT2D eigenvalue weighted by Gasteiger charge is 2.30. The van der Waals surface area contributed by atoms with Crippen molar-refractivity contribution in [2.24, 2.45) is 0 Å². The number of hydrogen-bond donors (Lipinski definition) is 1. The van der Waals surface area contributed by atoms with E-state index in [4.69, 9.17) is 4.65 Å². The van der Waals surface area contributed by atoms with Crippen molar-refractivity contribution in [1.29, 1.82) is 0 Å². The molecule has 1 aliphatic rings. The van der Waals surface area contributed by atoms with Crippen LogP contribution in [-0.2, 0) is 4.65 Å². The molecule has 4 rings (SSSR count). The Balaban J connectivity index is 1.80. The van der Waals surface area contributed by atoms with Gasteiger partial charge in [0.15, 0.2) is 0 Å². The SMILES string of the molecule is CC(O)C(C)(C)O[B]C1CC=CC=C1c1c(N(C)c2ccccc2)ccc2ccccc12. The highest BCUT2D eigenvalue weighted by Crippen LogP contribution is 2.44. The second kappa shape index (κ2) is 9.36. The zero-order valence-electron chi connectivity index (χ0n) is 19.3. The maximum Gasteiger partial charge on any atom is 0.301 e. The first-order valence-corrected chi connectivity index (χ1v) is 11.3. The fourth-order valence-electron chi connectivity index (χ4n) is 4.03. The van der Waals surface area contributed by atoms with E-state index in [0.717, 1.165) is 17.8 Å². The van der Waals surface area contributed by atoms with Gasteiger partial charge in [0.05, 0.1) is 11.7 Å². The topological polar surface area (TPSA) is 32.7 Å². The summed E-state index contributed by atoms with van der Waals surface area (Å²) < 4.78 is 6.12. The molecule has 0 heterocycles. The van der Waals surface area contributed by atoms with Crippen LogP contribution in [-0.4, -0.2) is 31.3 Å². The van der Waals surface area contributed by atoms with Gasteiger partial charge in [-0.25, -0.2) is 0 Å². The largest absolute Gasteiger partial charge is 0.433 e. The molecule has 0 spiro atoms. The molecule has 3 aromatic carbocycles. The van der Waals surface area contributed by atoms with E-state index >= 15 is 0 Å². The molecule has 163 valence electrons. The number of para-hydroxylation sites is 1. The zero-order chi connectivity index (χ0) is 22.7. The summed E-state index contributed by atoms with van der Waals surface area (Å²) in [7, 11) is 4.03. The predicted octanol–water partition coefficient (Wildman–Crippen LogP) is 6.53. The lowest BCUT2D eigenvalue weighted by Gasteiger charge is -2.33. The van der Waals surface area contributed by atoms with Crippen molar-refractivity contribution in [2.75, 3.05) is 11.9 Å². The van der Waals surface area contributed by atoms with Gasteiger partial charge in [-0.05, 0) is 67.6 Å². The molecule has 4 heteroatoms. The first kappa shape index (κ1) is 22.4. The van der Waals surface area contributed by atoms with E-state index in [1.807, 2.05) is 27.4 Å². The van der Waals surface area contributed by atoms with Crippen LogP contribution in [0.5, 0.6) is 0 Å². The van der Waals surface area contributed by atoms with Crippen LogP contribution in [0, 0.1) is 0 Å². The summed E-state index contributed by atoms with van der Waals surface area (Å²) in [5, 5.41) is 12.5. The van der Waals surface area contributed by atoms with Gasteiger partial charge in [-0.2, -0.15) is 0 Å². The Labute approximate surface area is 192 Å². The number of anilines is 2. The van der Waals surface area contributed by atoms with Crippen molar-refractivity contribution in [3.05, 3.63) is 90.5 Å². The normalized spacial score (nSPS) is 17.2.